The maximum Gasteiger partial charge on any atom is 0.321 e. The van der Waals surface area contributed by atoms with Crippen LogP contribution in [0.15, 0.2) is 24.3 Å². The van der Waals surface area contributed by atoms with Crippen LogP contribution in [-0.2, 0) is 12.1 Å². The molecule has 0 radical (unpaired) electrons. The summed E-state index contributed by atoms with van der Waals surface area (Å²) in [4.78, 5) is 32.8. The molecule has 1 aromatic carbocycles. The van der Waals surface area contributed by atoms with E-state index in [0.29, 0.717) is 29.0 Å². The number of carbonyl (C=O) groups is 2. The maximum atomic E-state index is 13.7. The minimum Gasteiger partial charge on any atom is -0.319 e. The number of fused-ring (bicyclic) bond motifs is 2. The Morgan fingerprint density at radius 3 is 2.88 bits per heavy atom. The minimum absolute atomic E-state index is 0.0470. The molecule has 0 aliphatic carbocycles. The number of anilines is 1. The van der Waals surface area contributed by atoms with Gasteiger partial charge in [-0.2, -0.15) is 5.10 Å². The fourth-order valence-electron chi connectivity index (χ4n) is 5.34. The van der Waals surface area contributed by atoms with E-state index in [0.717, 1.165) is 37.3 Å². The number of nitrogens with one attached hydrogen (secondary N) is 2. The van der Waals surface area contributed by atoms with E-state index in [4.69, 9.17) is 11.6 Å². The molecule has 2 N–H and O–H groups in total. The number of piperazine rings is 1. The molecular formula is C23H29ClN6O2. The van der Waals surface area contributed by atoms with E-state index in [9.17, 15) is 9.59 Å². The third-order valence-corrected chi connectivity index (χ3v) is 7.44. The number of carbonyl (C=O) groups excluding carboxylic acids is 2. The predicted molar refractivity (Wildman–Crippen MR) is 123 cm³/mol. The molecule has 2 fully saturated rings. The van der Waals surface area contributed by atoms with Crippen molar-refractivity contribution in [2.45, 2.75) is 57.8 Å². The SMILES string of the molecule is C[C@H]1CN2CCC[C@H]2CN1C(=O)N1Cc2c(NC(=O)c3cccc(Cl)c3)n[nH]c2C1(C)C. The standard InChI is InChI=1S/C23H29ClN6O2/c1-14-11-28-9-5-8-17(28)12-29(14)22(32)30-13-18-19(23(30,2)3)26-27-20(18)25-21(31)15-6-4-7-16(24)10-15/h4,6-7,10,14,17H,5,8-9,11-13H2,1-3H3,(H2,25,26,27,31)/t14-,17-/m0/s1. The van der Waals surface area contributed by atoms with Crippen LogP contribution in [0.5, 0.6) is 0 Å². The van der Waals surface area contributed by atoms with Gasteiger partial charge in [0.1, 0.15) is 0 Å². The van der Waals surface area contributed by atoms with E-state index in [1.54, 1.807) is 24.3 Å². The number of benzene rings is 1. The Hall–Kier alpha value is -2.58. The summed E-state index contributed by atoms with van der Waals surface area (Å²) >= 11 is 6.02. The molecule has 2 saturated heterocycles. The highest BCUT2D eigenvalue weighted by Crippen LogP contribution is 2.41. The van der Waals surface area contributed by atoms with Crippen molar-refractivity contribution in [2.24, 2.45) is 0 Å². The van der Waals surface area contributed by atoms with Gasteiger partial charge in [0.25, 0.3) is 5.91 Å². The Morgan fingerprint density at radius 2 is 2.09 bits per heavy atom. The summed E-state index contributed by atoms with van der Waals surface area (Å²) in [5.74, 6) is 0.178. The van der Waals surface area contributed by atoms with Crippen molar-refractivity contribution >= 4 is 29.4 Å². The number of urea groups is 1. The van der Waals surface area contributed by atoms with Gasteiger partial charge in [-0.1, -0.05) is 17.7 Å². The number of hydrogen-bond donors (Lipinski definition) is 2. The average molecular weight is 457 g/mol. The van der Waals surface area contributed by atoms with E-state index < -0.39 is 5.54 Å². The first-order valence-electron chi connectivity index (χ1n) is 11.2. The summed E-state index contributed by atoms with van der Waals surface area (Å²) in [6.45, 7) is 9.42. The van der Waals surface area contributed by atoms with Gasteiger partial charge >= 0.3 is 6.03 Å². The summed E-state index contributed by atoms with van der Waals surface area (Å²) in [6, 6.07) is 7.47. The van der Waals surface area contributed by atoms with Gasteiger partial charge < -0.3 is 15.1 Å². The lowest BCUT2D eigenvalue weighted by Gasteiger charge is -2.45. The lowest BCUT2D eigenvalue weighted by molar-refractivity contribution is 0.0454. The van der Waals surface area contributed by atoms with Gasteiger partial charge in [-0.3, -0.25) is 14.8 Å². The molecule has 0 bridgehead atoms. The second-order valence-electron chi connectivity index (χ2n) is 9.61. The molecule has 1 aromatic heterocycles. The predicted octanol–water partition coefficient (Wildman–Crippen LogP) is 3.65. The van der Waals surface area contributed by atoms with Crippen LogP contribution < -0.4 is 5.32 Å². The normalized spacial score (nSPS) is 24.4. The van der Waals surface area contributed by atoms with Gasteiger partial charge in [0, 0.05) is 41.3 Å². The van der Waals surface area contributed by atoms with Crippen LogP contribution in [0.3, 0.4) is 0 Å². The first-order chi connectivity index (χ1) is 15.3. The Morgan fingerprint density at radius 1 is 1.28 bits per heavy atom. The summed E-state index contributed by atoms with van der Waals surface area (Å²) in [5, 5.41) is 10.8. The Balaban J connectivity index is 1.35. The largest absolute Gasteiger partial charge is 0.321 e. The summed E-state index contributed by atoms with van der Waals surface area (Å²) < 4.78 is 0. The number of halogens is 1. The molecule has 8 nitrogen and oxygen atoms in total. The van der Waals surface area contributed by atoms with Crippen molar-refractivity contribution in [3.63, 3.8) is 0 Å². The van der Waals surface area contributed by atoms with Crippen LogP contribution >= 0.6 is 11.6 Å². The molecule has 3 aliphatic heterocycles. The van der Waals surface area contributed by atoms with E-state index >= 15 is 0 Å². The molecular weight excluding hydrogens is 428 g/mol. The fourth-order valence-corrected chi connectivity index (χ4v) is 5.53. The van der Waals surface area contributed by atoms with E-state index in [1.807, 2.05) is 23.6 Å². The molecule has 3 amide bonds. The van der Waals surface area contributed by atoms with Gasteiger partial charge in [-0.15, -0.1) is 0 Å². The molecule has 5 rings (SSSR count). The topological polar surface area (TPSA) is 84.6 Å². The molecule has 170 valence electrons. The second kappa shape index (κ2) is 7.78. The summed E-state index contributed by atoms with van der Waals surface area (Å²) in [5.41, 5.74) is 1.62. The molecule has 2 atom stereocenters. The van der Waals surface area contributed by atoms with Gasteiger partial charge in [-0.05, 0) is 58.4 Å². The fraction of sp³-hybridized carbons (Fsp3) is 0.522. The highest BCUT2D eigenvalue weighted by molar-refractivity contribution is 6.31. The second-order valence-corrected chi connectivity index (χ2v) is 10.0. The zero-order valence-electron chi connectivity index (χ0n) is 18.7. The number of aromatic nitrogens is 2. The molecule has 32 heavy (non-hydrogen) atoms. The molecule has 3 aliphatic rings. The minimum atomic E-state index is -0.551. The van der Waals surface area contributed by atoms with Gasteiger partial charge in [0.05, 0.1) is 17.8 Å². The molecule has 0 saturated carbocycles. The highest BCUT2D eigenvalue weighted by atomic mass is 35.5. The van der Waals surface area contributed by atoms with Crippen LogP contribution in [0.25, 0.3) is 0 Å². The van der Waals surface area contributed by atoms with Crippen LogP contribution in [0.2, 0.25) is 5.02 Å². The molecule has 2 aromatic rings. The number of rotatable bonds is 2. The van der Waals surface area contributed by atoms with Crippen molar-refractivity contribution in [1.82, 2.24) is 24.9 Å². The summed E-state index contributed by atoms with van der Waals surface area (Å²) in [6.07, 6.45) is 2.36. The number of hydrogen-bond acceptors (Lipinski definition) is 4. The number of aromatic amines is 1. The number of H-pyrrole nitrogens is 1. The highest BCUT2D eigenvalue weighted by Gasteiger charge is 2.47. The zero-order chi connectivity index (χ0) is 22.6. The average Bonchev–Trinajstić information content (AvgIpc) is 3.43. The van der Waals surface area contributed by atoms with Gasteiger partial charge in [0.15, 0.2) is 5.82 Å². The van der Waals surface area contributed by atoms with Crippen molar-refractivity contribution in [1.29, 1.82) is 0 Å². The lowest BCUT2D eigenvalue weighted by Crippen LogP contribution is -2.60. The Labute approximate surface area is 192 Å². The summed E-state index contributed by atoms with van der Waals surface area (Å²) in [7, 11) is 0. The quantitative estimate of drug-likeness (QED) is 0.722. The Bertz CT molecular complexity index is 1070. The monoisotopic (exact) mass is 456 g/mol. The van der Waals surface area contributed by atoms with Crippen molar-refractivity contribution in [3.8, 4) is 0 Å². The van der Waals surface area contributed by atoms with Gasteiger partial charge in [-0.25, -0.2) is 4.79 Å². The van der Waals surface area contributed by atoms with Crippen molar-refractivity contribution in [2.75, 3.05) is 25.0 Å². The van der Waals surface area contributed by atoms with Gasteiger partial charge in [0.2, 0.25) is 0 Å². The number of amides is 3. The van der Waals surface area contributed by atoms with Crippen molar-refractivity contribution in [3.05, 3.63) is 46.1 Å². The Kier molecular flexibility index (Phi) is 5.17. The van der Waals surface area contributed by atoms with E-state index in [-0.39, 0.29) is 18.0 Å². The van der Waals surface area contributed by atoms with Crippen LogP contribution in [0, 0.1) is 0 Å². The van der Waals surface area contributed by atoms with E-state index in [2.05, 4.69) is 27.3 Å². The van der Waals surface area contributed by atoms with Crippen molar-refractivity contribution < 1.29 is 9.59 Å². The third kappa shape index (κ3) is 3.46. The van der Waals surface area contributed by atoms with Crippen LogP contribution in [-0.4, -0.2) is 68.6 Å². The lowest BCUT2D eigenvalue weighted by atomic mass is 10.0. The molecule has 4 heterocycles. The number of nitrogens with zero attached hydrogens (tertiary/aromatic N) is 4. The third-order valence-electron chi connectivity index (χ3n) is 7.20. The molecule has 9 heteroatoms. The first-order valence-corrected chi connectivity index (χ1v) is 11.6. The zero-order valence-corrected chi connectivity index (χ0v) is 19.4. The smallest absolute Gasteiger partial charge is 0.319 e. The maximum absolute atomic E-state index is 13.7. The van der Waals surface area contributed by atoms with E-state index in [1.165, 1.54) is 6.42 Å². The first kappa shape index (κ1) is 21.3. The van der Waals surface area contributed by atoms with Crippen LogP contribution in [0.4, 0.5) is 10.6 Å². The van der Waals surface area contributed by atoms with Crippen LogP contribution in [0.1, 0.15) is 55.2 Å². The molecule has 0 spiro atoms. The molecule has 0 unspecified atom stereocenters.